The maximum absolute atomic E-state index is 12.3. The van der Waals surface area contributed by atoms with Crippen LogP contribution in [-0.4, -0.2) is 19.8 Å². The molecular weight excluding hydrogens is 364 g/mol. The number of halogens is 1. The van der Waals surface area contributed by atoms with E-state index in [1.807, 2.05) is 32.0 Å². The monoisotopic (exact) mass is 376 g/mol. The number of anilines is 1. The zero-order chi connectivity index (χ0) is 17.3. The lowest BCUT2D eigenvalue weighted by Crippen LogP contribution is -2.34. The molecule has 2 aromatic carbocycles. The second-order valence-electron chi connectivity index (χ2n) is 5.28. The molecule has 1 amide bonds. The molecule has 0 aliphatic heterocycles. The Hall–Kier alpha value is -2.09. The molecule has 122 valence electrons. The van der Waals surface area contributed by atoms with Gasteiger partial charge < -0.3 is 5.32 Å². The summed E-state index contributed by atoms with van der Waals surface area (Å²) in [4.78, 5) is 12.3. The number of carbonyl (C=O) groups excluding carboxylic acids is 1. The minimum absolute atomic E-state index is 0.181. The van der Waals surface area contributed by atoms with Crippen LogP contribution in [0, 0.1) is 13.8 Å². The summed E-state index contributed by atoms with van der Waals surface area (Å²) in [6.07, 6.45) is 0. The molecule has 8 heteroatoms. The van der Waals surface area contributed by atoms with Crippen LogP contribution in [-0.2, 0) is 0 Å². The molecule has 3 rings (SSSR count). The fourth-order valence-electron chi connectivity index (χ4n) is 2.23. The molecular formula is C16H13ClN4OS2. The van der Waals surface area contributed by atoms with Crippen molar-refractivity contribution in [3.05, 3.63) is 52.0 Å². The molecule has 0 radical (unpaired) electrons. The molecule has 24 heavy (non-hydrogen) atoms. The largest absolute Gasteiger partial charge is 0.330 e. The van der Waals surface area contributed by atoms with E-state index in [0.717, 1.165) is 39.6 Å². The minimum atomic E-state index is -0.362. The molecule has 1 aromatic heterocycles. The summed E-state index contributed by atoms with van der Waals surface area (Å²) in [7, 11) is 0. The van der Waals surface area contributed by atoms with Gasteiger partial charge in [0.1, 0.15) is 11.0 Å². The van der Waals surface area contributed by atoms with Crippen molar-refractivity contribution in [3.63, 3.8) is 0 Å². The highest BCUT2D eigenvalue weighted by Crippen LogP contribution is 2.25. The van der Waals surface area contributed by atoms with Gasteiger partial charge in [0.25, 0.3) is 5.91 Å². The predicted molar refractivity (Wildman–Crippen MR) is 102 cm³/mol. The van der Waals surface area contributed by atoms with Gasteiger partial charge in [-0.1, -0.05) is 23.7 Å². The lowest BCUT2D eigenvalue weighted by Gasteiger charge is -2.12. The van der Waals surface area contributed by atoms with E-state index in [-0.39, 0.29) is 11.0 Å². The van der Waals surface area contributed by atoms with Crippen LogP contribution in [0.1, 0.15) is 21.5 Å². The van der Waals surface area contributed by atoms with Crippen LogP contribution >= 0.6 is 35.5 Å². The fourth-order valence-corrected chi connectivity index (χ4v) is 3.29. The second-order valence-corrected chi connectivity index (χ2v) is 6.62. The van der Waals surface area contributed by atoms with Crippen molar-refractivity contribution in [3.8, 4) is 0 Å². The molecule has 0 fully saturated rings. The summed E-state index contributed by atoms with van der Waals surface area (Å²) in [5.41, 5.74) is 4.56. The topological polar surface area (TPSA) is 66.9 Å². The van der Waals surface area contributed by atoms with Crippen molar-refractivity contribution < 1.29 is 4.79 Å². The van der Waals surface area contributed by atoms with Gasteiger partial charge in [-0.3, -0.25) is 10.1 Å². The van der Waals surface area contributed by atoms with E-state index in [1.165, 1.54) is 0 Å². The average Bonchev–Trinajstić information content (AvgIpc) is 2.98. The SMILES string of the molecule is Cc1ccc(C(=O)NC(=S)Nc2c(C)ccc3nsnc23)c(Cl)c1. The standard InChI is InChI=1S/C16H13ClN4OS2/c1-8-3-5-10(11(17)7-8)15(22)19-16(23)18-13-9(2)4-6-12-14(13)21-24-20-12/h3-7H,1-2H3,(H2,18,19,22,23). The van der Waals surface area contributed by atoms with Crippen molar-refractivity contribution >= 4 is 63.3 Å². The van der Waals surface area contributed by atoms with E-state index in [4.69, 9.17) is 23.8 Å². The van der Waals surface area contributed by atoms with Crippen molar-refractivity contribution in [1.82, 2.24) is 14.1 Å². The van der Waals surface area contributed by atoms with Crippen molar-refractivity contribution in [2.24, 2.45) is 0 Å². The number of rotatable bonds is 2. The number of thiocarbonyl (C=S) groups is 1. The van der Waals surface area contributed by atoms with E-state index >= 15 is 0 Å². The number of amides is 1. The maximum atomic E-state index is 12.3. The first kappa shape index (κ1) is 16.8. The Morgan fingerprint density at radius 3 is 2.75 bits per heavy atom. The first-order valence-corrected chi connectivity index (χ1v) is 8.57. The molecule has 3 aromatic rings. The Labute approximate surface area is 153 Å². The Morgan fingerprint density at radius 2 is 2.00 bits per heavy atom. The number of fused-ring (bicyclic) bond motifs is 1. The third-order valence-electron chi connectivity index (χ3n) is 3.47. The van der Waals surface area contributed by atoms with Gasteiger partial charge in [-0.05, 0) is 55.4 Å². The van der Waals surface area contributed by atoms with Crippen molar-refractivity contribution in [2.75, 3.05) is 5.32 Å². The van der Waals surface area contributed by atoms with Gasteiger partial charge in [0, 0.05) is 0 Å². The summed E-state index contributed by atoms with van der Waals surface area (Å²) in [5.74, 6) is -0.362. The Kier molecular flexibility index (Phi) is 4.75. The van der Waals surface area contributed by atoms with Gasteiger partial charge in [0.15, 0.2) is 5.11 Å². The van der Waals surface area contributed by atoms with Gasteiger partial charge in [-0.15, -0.1) is 0 Å². The molecule has 0 atom stereocenters. The van der Waals surface area contributed by atoms with Crippen LogP contribution in [0.5, 0.6) is 0 Å². The Bertz CT molecular complexity index is 954. The first-order valence-electron chi connectivity index (χ1n) is 7.06. The zero-order valence-corrected chi connectivity index (χ0v) is 15.3. The summed E-state index contributed by atoms with van der Waals surface area (Å²) >= 11 is 12.5. The third-order valence-corrected chi connectivity index (χ3v) is 4.53. The lowest BCUT2D eigenvalue weighted by molar-refractivity contribution is 0.0978. The lowest BCUT2D eigenvalue weighted by atomic mass is 10.1. The molecule has 2 N–H and O–H groups in total. The number of nitrogens with one attached hydrogen (secondary N) is 2. The van der Waals surface area contributed by atoms with Crippen LogP contribution in [0.4, 0.5) is 5.69 Å². The van der Waals surface area contributed by atoms with Crippen molar-refractivity contribution in [1.29, 1.82) is 0 Å². The molecule has 0 unspecified atom stereocenters. The van der Waals surface area contributed by atoms with Gasteiger partial charge in [0.05, 0.1) is 28.0 Å². The summed E-state index contributed by atoms with van der Waals surface area (Å²) in [6.45, 7) is 3.84. The van der Waals surface area contributed by atoms with Crippen LogP contribution in [0.3, 0.4) is 0 Å². The highest BCUT2D eigenvalue weighted by molar-refractivity contribution is 7.80. The molecule has 0 aliphatic carbocycles. The van der Waals surface area contributed by atoms with Crippen LogP contribution in [0.15, 0.2) is 30.3 Å². The first-order chi connectivity index (χ1) is 11.5. The molecule has 0 bridgehead atoms. The number of nitrogens with zero attached hydrogens (tertiary/aromatic N) is 2. The number of carbonyl (C=O) groups is 1. The Balaban J connectivity index is 1.79. The van der Waals surface area contributed by atoms with Gasteiger partial charge in [-0.2, -0.15) is 8.75 Å². The highest BCUT2D eigenvalue weighted by atomic mass is 35.5. The van der Waals surface area contributed by atoms with E-state index in [1.54, 1.807) is 12.1 Å². The van der Waals surface area contributed by atoms with Crippen LogP contribution < -0.4 is 10.6 Å². The second kappa shape index (κ2) is 6.80. The maximum Gasteiger partial charge on any atom is 0.258 e. The van der Waals surface area contributed by atoms with Crippen molar-refractivity contribution in [2.45, 2.75) is 13.8 Å². The number of hydrogen-bond acceptors (Lipinski definition) is 5. The third kappa shape index (κ3) is 3.38. The van der Waals surface area contributed by atoms with Gasteiger partial charge >= 0.3 is 0 Å². The van der Waals surface area contributed by atoms with E-state index in [9.17, 15) is 4.79 Å². The summed E-state index contributed by atoms with van der Waals surface area (Å²) in [6, 6.07) is 9.05. The van der Waals surface area contributed by atoms with Crippen LogP contribution in [0.25, 0.3) is 11.0 Å². The molecule has 0 saturated heterocycles. The average molecular weight is 377 g/mol. The summed E-state index contributed by atoms with van der Waals surface area (Å²) in [5, 5.41) is 6.24. The quantitative estimate of drug-likeness (QED) is 0.659. The minimum Gasteiger partial charge on any atom is -0.330 e. The summed E-state index contributed by atoms with van der Waals surface area (Å²) < 4.78 is 8.47. The van der Waals surface area contributed by atoms with Crippen LogP contribution in [0.2, 0.25) is 5.02 Å². The van der Waals surface area contributed by atoms with E-state index < -0.39 is 0 Å². The number of hydrogen-bond donors (Lipinski definition) is 2. The predicted octanol–water partition coefficient (Wildman–Crippen LogP) is 4.09. The smallest absolute Gasteiger partial charge is 0.258 e. The molecule has 0 spiro atoms. The zero-order valence-electron chi connectivity index (χ0n) is 12.9. The number of aromatic nitrogens is 2. The highest BCUT2D eigenvalue weighted by Gasteiger charge is 2.14. The molecule has 0 saturated carbocycles. The molecule has 1 heterocycles. The van der Waals surface area contributed by atoms with E-state index in [2.05, 4.69) is 19.4 Å². The van der Waals surface area contributed by atoms with E-state index in [0.29, 0.717) is 10.6 Å². The number of aryl methyl sites for hydroxylation is 2. The van der Waals surface area contributed by atoms with Gasteiger partial charge in [0.2, 0.25) is 0 Å². The molecule has 0 aliphatic rings. The molecule has 5 nitrogen and oxygen atoms in total. The number of benzene rings is 2. The van der Waals surface area contributed by atoms with Gasteiger partial charge in [-0.25, -0.2) is 0 Å². The normalized spacial score (nSPS) is 10.6. The fraction of sp³-hybridized carbons (Fsp3) is 0.125. The Morgan fingerprint density at radius 1 is 1.21 bits per heavy atom.